The van der Waals surface area contributed by atoms with E-state index in [1.807, 2.05) is 21.0 Å². The van der Waals surface area contributed by atoms with Crippen molar-refractivity contribution in [2.45, 2.75) is 6.92 Å². The molecule has 0 aliphatic carbocycles. The van der Waals surface area contributed by atoms with Gasteiger partial charge in [0.2, 0.25) is 0 Å². The summed E-state index contributed by atoms with van der Waals surface area (Å²) >= 11 is 0. The fourth-order valence-electron chi connectivity index (χ4n) is 1.48. The van der Waals surface area contributed by atoms with Crippen LogP contribution in [0.1, 0.15) is 5.82 Å². The molecule has 68 valence electrons. The SMILES string of the molecule is CNc1ccc2c(c1)nc(C)n2C. The summed E-state index contributed by atoms with van der Waals surface area (Å²) in [6.07, 6.45) is 0. The summed E-state index contributed by atoms with van der Waals surface area (Å²) < 4.78 is 2.09. The molecule has 0 aliphatic rings. The summed E-state index contributed by atoms with van der Waals surface area (Å²) in [7, 11) is 3.95. The van der Waals surface area contributed by atoms with Crippen molar-refractivity contribution in [1.82, 2.24) is 9.55 Å². The molecular formula is C10H13N3. The Balaban J connectivity index is 2.73. The number of aryl methyl sites for hydroxylation is 2. The average molecular weight is 175 g/mol. The zero-order valence-electron chi connectivity index (χ0n) is 8.13. The molecule has 1 aromatic heterocycles. The maximum Gasteiger partial charge on any atom is 0.106 e. The highest BCUT2D eigenvalue weighted by Gasteiger charge is 2.03. The van der Waals surface area contributed by atoms with Crippen molar-refractivity contribution >= 4 is 16.7 Å². The molecule has 0 bridgehead atoms. The molecular weight excluding hydrogens is 162 g/mol. The van der Waals surface area contributed by atoms with Gasteiger partial charge in [-0.2, -0.15) is 0 Å². The van der Waals surface area contributed by atoms with Gasteiger partial charge in [-0.05, 0) is 25.1 Å². The van der Waals surface area contributed by atoms with E-state index in [1.54, 1.807) is 0 Å². The zero-order valence-corrected chi connectivity index (χ0v) is 8.13. The minimum atomic E-state index is 1.04. The lowest BCUT2D eigenvalue weighted by Gasteiger charge is -1.99. The number of aromatic nitrogens is 2. The van der Waals surface area contributed by atoms with Crippen LogP contribution in [0.25, 0.3) is 11.0 Å². The Hall–Kier alpha value is -1.51. The Bertz CT molecular complexity index is 443. The van der Waals surface area contributed by atoms with Crippen LogP contribution < -0.4 is 5.32 Å². The van der Waals surface area contributed by atoms with Crippen LogP contribution >= 0.6 is 0 Å². The van der Waals surface area contributed by atoms with Crippen molar-refractivity contribution < 1.29 is 0 Å². The first-order chi connectivity index (χ1) is 6.22. The van der Waals surface area contributed by atoms with Crippen molar-refractivity contribution in [2.75, 3.05) is 12.4 Å². The van der Waals surface area contributed by atoms with E-state index >= 15 is 0 Å². The largest absolute Gasteiger partial charge is 0.388 e. The number of benzene rings is 1. The minimum Gasteiger partial charge on any atom is -0.388 e. The number of hydrogen-bond donors (Lipinski definition) is 1. The summed E-state index contributed by atoms with van der Waals surface area (Å²) in [5.41, 5.74) is 3.33. The highest BCUT2D eigenvalue weighted by Crippen LogP contribution is 2.18. The van der Waals surface area contributed by atoms with Crippen molar-refractivity contribution in [3.05, 3.63) is 24.0 Å². The predicted molar refractivity (Wildman–Crippen MR) is 55.0 cm³/mol. The van der Waals surface area contributed by atoms with Crippen LogP contribution in [0, 0.1) is 6.92 Å². The topological polar surface area (TPSA) is 29.9 Å². The van der Waals surface area contributed by atoms with Crippen LogP contribution in [0.15, 0.2) is 18.2 Å². The van der Waals surface area contributed by atoms with Crippen LogP contribution in [0.5, 0.6) is 0 Å². The third kappa shape index (κ3) is 1.16. The summed E-state index contributed by atoms with van der Waals surface area (Å²) in [5.74, 6) is 1.04. The van der Waals surface area contributed by atoms with Gasteiger partial charge in [-0.1, -0.05) is 0 Å². The van der Waals surface area contributed by atoms with E-state index in [0.29, 0.717) is 0 Å². The lowest BCUT2D eigenvalue weighted by atomic mass is 10.3. The Morgan fingerprint density at radius 3 is 2.85 bits per heavy atom. The third-order valence-corrected chi connectivity index (χ3v) is 2.39. The van der Waals surface area contributed by atoms with Gasteiger partial charge in [0.25, 0.3) is 0 Å². The highest BCUT2D eigenvalue weighted by molar-refractivity contribution is 5.80. The number of anilines is 1. The minimum absolute atomic E-state index is 1.04. The van der Waals surface area contributed by atoms with Crippen LogP contribution in [-0.2, 0) is 7.05 Å². The molecule has 0 aliphatic heterocycles. The average Bonchev–Trinajstić information content (AvgIpc) is 2.42. The number of hydrogen-bond acceptors (Lipinski definition) is 2. The molecule has 3 nitrogen and oxygen atoms in total. The van der Waals surface area contributed by atoms with Crippen LogP contribution in [0.2, 0.25) is 0 Å². The summed E-state index contributed by atoms with van der Waals surface area (Å²) in [6, 6.07) is 6.20. The molecule has 0 spiro atoms. The van der Waals surface area contributed by atoms with Crippen LogP contribution in [0.3, 0.4) is 0 Å². The van der Waals surface area contributed by atoms with Gasteiger partial charge in [0.15, 0.2) is 0 Å². The number of nitrogens with zero attached hydrogens (tertiary/aromatic N) is 2. The summed E-state index contributed by atoms with van der Waals surface area (Å²) in [5, 5.41) is 3.10. The molecule has 0 amide bonds. The van der Waals surface area contributed by atoms with E-state index in [4.69, 9.17) is 0 Å². The maximum absolute atomic E-state index is 4.44. The normalized spacial score (nSPS) is 10.7. The fourth-order valence-corrected chi connectivity index (χ4v) is 1.48. The number of imidazole rings is 1. The summed E-state index contributed by atoms with van der Waals surface area (Å²) in [6.45, 7) is 2.01. The van der Waals surface area contributed by atoms with E-state index in [1.165, 1.54) is 5.52 Å². The van der Waals surface area contributed by atoms with Crippen molar-refractivity contribution in [3.63, 3.8) is 0 Å². The maximum atomic E-state index is 4.44. The van der Waals surface area contributed by atoms with Gasteiger partial charge < -0.3 is 9.88 Å². The smallest absolute Gasteiger partial charge is 0.106 e. The molecule has 0 atom stereocenters. The summed E-state index contributed by atoms with van der Waals surface area (Å²) in [4.78, 5) is 4.44. The second-order valence-electron chi connectivity index (χ2n) is 3.17. The number of rotatable bonds is 1. The van der Waals surface area contributed by atoms with Gasteiger partial charge in [-0.3, -0.25) is 0 Å². The molecule has 0 unspecified atom stereocenters. The van der Waals surface area contributed by atoms with Crippen molar-refractivity contribution in [1.29, 1.82) is 0 Å². The number of nitrogens with one attached hydrogen (secondary N) is 1. The second kappa shape index (κ2) is 2.76. The Morgan fingerprint density at radius 1 is 1.38 bits per heavy atom. The second-order valence-corrected chi connectivity index (χ2v) is 3.17. The first-order valence-electron chi connectivity index (χ1n) is 4.33. The monoisotopic (exact) mass is 175 g/mol. The van der Waals surface area contributed by atoms with E-state index in [0.717, 1.165) is 17.0 Å². The lowest BCUT2D eigenvalue weighted by Crippen LogP contribution is -1.90. The van der Waals surface area contributed by atoms with E-state index < -0.39 is 0 Å². The molecule has 2 aromatic rings. The van der Waals surface area contributed by atoms with Gasteiger partial charge in [0.1, 0.15) is 5.82 Å². The predicted octanol–water partition coefficient (Wildman–Crippen LogP) is 1.92. The molecule has 0 saturated heterocycles. The zero-order chi connectivity index (χ0) is 9.42. The Morgan fingerprint density at radius 2 is 2.15 bits per heavy atom. The van der Waals surface area contributed by atoms with Crippen molar-refractivity contribution in [2.24, 2.45) is 7.05 Å². The number of fused-ring (bicyclic) bond motifs is 1. The van der Waals surface area contributed by atoms with E-state index in [-0.39, 0.29) is 0 Å². The van der Waals surface area contributed by atoms with Gasteiger partial charge in [0.05, 0.1) is 11.0 Å². The fraction of sp³-hybridized carbons (Fsp3) is 0.300. The highest BCUT2D eigenvalue weighted by atomic mass is 15.0. The molecule has 1 heterocycles. The first-order valence-corrected chi connectivity index (χ1v) is 4.33. The van der Waals surface area contributed by atoms with Gasteiger partial charge in [-0.15, -0.1) is 0 Å². The molecule has 13 heavy (non-hydrogen) atoms. The standard InChI is InChI=1S/C10H13N3/c1-7-12-9-6-8(11-2)4-5-10(9)13(7)3/h4-6,11H,1-3H3. The lowest BCUT2D eigenvalue weighted by molar-refractivity contribution is 0.886. The van der Waals surface area contributed by atoms with Gasteiger partial charge in [0, 0.05) is 19.8 Å². The molecule has 0 saturated carbocycles. The molecule has 1 N–H and O–H groups in total. The molecule has 0 radical (unpaired) electrons. The van der Waals surface area contributed by atoms with E-state index in [9.17, 15) is 0 Å². The quantitative estimate of drug-likeness (QED) is 0.717. The van der Waals surface area contributed by atoms with Crippen LogP contribution in [-0.4, -0.2) is 16.6 Å². The van der Waals surface area contributed by atoms with Crippen LogP contribution in [0.4, 0.5) is 5.69 Å². The third-order valence-electron chi connectivity index (χ3n) is 2.39. The van der Waals surface area contributed by atoms with E-state index in [2.05, 4.69) is 33.1 Å². The van der Waals surface area contributed by atoms with Crippen molar-refractivity contribution in [3.8, 4) is 0 Å². The molecule has 0 fully saturated rings. The van der Waals surface area contributed by atoms with Gasteiger partial charge in [-0.25, -0.2) is 4.98 Å². The Kier molecular flexibility index (Phi) is 1.72. The molecule has 3 heteroatoms. The molecule has 2 rings (SSSR count). The molecule has 1 aromatic carbocycles. The first kappa shape index (κ1) is 8.10. The van der Waals surface area contributed by atoms with Gasteiger partial charge >= 0.3 is 0 Å². The Labute approximate surface area is 77.4 Å².